The summed E-state index contributed by atoms with van der Waals surface area (Å²) in [6.07, 6.45) is 5.11. The molecule has 1 heterocycles. The molecule has 0 radical (unpaired) electrons. The quantitative estimate of drug-likeness (QED) is 0.594. The lowest BCUT2D eigenvalue weighted by molar-refractivity contribution is -0.142. The number of carboxylic acid groups (broad SMARTS) is 1. The molecule has 7 heteroatoms. The van der Waals surface area contributed by atoms with Crippen molar-refractivity contribution >= 4 is 30.0 Å². The topological polar surface area (TPSA) is 90.5 Å². The Morgan fingerprint density at radius 2 is 1.78 bits per heavy atom. The van der Waals surface area contributed by atoms with Crippen molar-refractivity contribution in [1.29, 1.82) is 0 Å². The van der Waals surface area contributed by atoms with Gasteiger partial charge < -0.3 is 21.1 Å². The van der Waals surface area contributed by atoms with Gasteiger partial charge in [0.1, 0.15) is 0 Å². The van der Waals surface area contributed by atoms with E-state index in [9.17, 15) is 9.59 Å². The third-order valence-corrected chi connectivity index (χ3v) is 5.59. The maximum absolute atomic E-state index is 12.5. The molecule has 6 nitrogen and oxygen atoms in total. The van der Waals surface area contributed by atoms with E-state index in [-0.39, 0.29) is 30.3 Å². The SMILES string of the molecule is Cl.O=C(NC1CCC(C(=O)O)CC1)c1cccc(NCC2CCNCC2)c1. The van der Waals surface area contributed by atoms with E-state index < -0.39 is 5.97 Å². The summed E-state index contributed by atoms with van der Waals surface area (Å²) in [4.78, 5) is 23.5. The molecular formula is C20H30ClN3O3. The van der Waals surface area contributed by atoms with Gasteiger partial charge >= 0.3 is 5.97 Å². The van der Waals surface area contributed by atoms with Crippen LogP contribution >= 0.6 is 12.4 Å². The Bertz CT molecular complexity index is 627. The number of carboxylic acids is 1. The van der Waals surface area contributed by atoms with Gasteiger partial charge in [-0.1, -0.05) is 6.07 Å². The molecule has 27 heavy (non-hydrogen) atoms. The zero-order chi connectivity index (χ0) is 18.4. The fraction of sp³-hybridized carbons (Fsp3) is 0.600. The van der Waals surface area contributed by atoms with Crippen LogP contribution in [0.5, 0.6) is 0 Å². The lowest BCUT2D eigenvalue weighted by atomic mass is 9.86. The summed E-state index contributed by atoms with van der Waals surface area (Å²) < 4.78 is 0. The predicted molar refractivity (Wildman–Crippen MR) is 109 cm³/mol. The van der Waals surface area contributed by atoms with Gasteiger partial charge in [-0.05, 0) is 75.7 Å². The maximum atomic E-state index is 12.5. The number of carbonyl (C=O) groups excluding carboxylic acids is 1. The summed E-state index contributed by atoms with van der Waals surface area (Å²) in [5.74, 6) is -0.375. The van der Waals surface area contributed by atoms with Crippen molar-refractivity contribution in [1.82, 2.24) is 10.6 Å². The minimum absolute atomic E-state index is 0. The van der Waals surface area contributed by atoms with Crippen LogP contribution in [0.3, 0.4) is 0 Å². The van der Waals surface area contributed by atoms with Crippen molar-refractivity contribution < 1.29 is 14.7 Å². The molecule has 1 aliphatic carbocycles. The molecule has 0 bridgehead atoms. The number of hydrogen-bond acceptors (Lipinski definition) is 4. The molecule has 1 aromatic carbocycles. The molecule has 1 amide bonds. The number of anilines is 1. The molecular weight excluding hydrogens is 366 g/mol. The summed E-state index contributed by atoms with van der Waals surface area (Å²) >= 11 is 0. The number of benzene rings is 1. The minimum atomic E-state index is -0.720. The molecule has 4 N–H and O–H groups in total. The van der Waals surface area contributed by atoms with E-state index in [4.69, 9.17) is 5.11 Å². The third kappa shape index (κ3) is 6.40. The Morgan fingerprint density at radius 1 is 1.07 bits per heavy atom. The summed E-state index contributed by atoms with van der Waals surface area (Å²) in [6.45, 7) is 3.10. The van der Waals surface area contributed by atoms with Crippen LogP contribution in [0.15, 0.2) is 24.3 Å². The van der Waals surface area contributed by atoms with E-state index in [2.05, 4.69) is 16.0 Å². The van der Waals surface area contributed by atoms with Crippen molar-refractivity contribution in [2.24, 2.45) is 11.8 Å². The predicted octanol–water partition coefficient (Wildman–Crippen LogP) is 2.89. The van der Waals surface area contributed by atoms with Crippen LogP contribution in [-0.2, 0) is 4.79 Å². The average molecular weight is 396 g/mol. The van der Waals surface area contributed by atoms with Gasteiger partial charge in [-0.2, -0.15) is 0 Å². The standard InChI is InChI=1S/C20H29N3O3.ClH/c24-19(23-17-6-4-15(5-7-17)20(25)26)16-2-1-3-18(12-16)22-13-14-8-10-21-11-9-14;/h1-3,12,14-15,17,21-22H,4-11,13H2,(H,23,24)(H,25,26);1H. The van der Waals surface area contributed by atoms with Crippen molar-refractivity contribution in [3.63, 3.8) is 0 Å². The normalized spacial score (nSPS) is 23.1. The zero-order valence-corrected chi connectivity index (χ0v) is 16.4. The lowest BCUT2D eigenvalue weighted by Crippen LogP contribution is -2.38. The molecule has 0 atom stereocenters. The van der Waals surface area contributed by atoms with Gasteiger partial charge in [0.2, 0.25) is 0 Å². The lowest BCUT2D eigenvalue weighted by Gasteiger charge is -2.27. The first kappa shape index (κ1) is 21.5. The summed E-state index contributed by atoms with van der Waals surface area (Å²) in [7, 11) is 0. The second kappa shape index (κ2) is 10.5. The molecule has 0 aromatic heterocycles. The first-order chi connectivity index (χ1) is 12.6. The van der Waals surface area contributed by atoms with Crippen molar-refractivity contribution in [3.8, 4) is 0 Å². The number of halogens is 1. The number of aliphatic carboxylic acids is 1. The van der Waals surface area contributed by atoms with E-state index in [1.165, 1.54) is 12.8 Å². The molecule has 2 aliphatic rings. The van der Waals surface area contributed by atoms with Gasteiger partial charge in [-0.15, -0.1) is 12.4 Å². The first-order valence-electron chi connectivity index (χ1n) is 9.70. The number of carbonyl (C=O) groups is 2. The Balaban J connectivity index is 0.00000261. The summed E-state index contributed by atoms with van der Waals surface area (Å²) in [5, 5.41) is 19.0. The number of amides is 1. The van der Waals surface area contributed by atoms with E-state index in [0.29, 0.717) is 24.3 Å². The summed E-state index contributed by atoms with van der Waals surface area (Å²) in [5.41, 5.74) is 1.63. The number of rotatable bonds is 6. The van der Waals surface area contributed by atoms with Crippen LogP contribution < -0.4 is 16.0 Å². The monoisotopic (exact) mass is 395 g/mol. The first-order valence-corrected chi connectivity index (χ1v) is 9.70. The van der Waals surface area contributed by atoms with Gasteiger partial charge in [0.15, 0.2) is 0 Å². The van der Waals surface area contributed by atoms with Crippen molar-refractivity contribution in [2.45, 2.75) is 44.6 Å². The van der Waals surface area contributed by atoms with Crippen molar-refractivity contribution in [2.75, 3.05) is 25.0 Å². The number of nitrogens with one attached hydrogen (secondary N) is 3. The van der Waals surface area contributed by atoms with Crippen LogP contribution in [0.1, 0.15) is 48.9 Å². The van der Waals surface area contributed by atoms with Crippen LogP contribution in [0.25, 0.3) is 0 Å². The highest BCUT2D eigenvalue weighted by Crippen LogP contribution is 2.25. The number of piperidine rings is 1. The van der Waals surface area contributed by atoms with Crippen LogP contribution in [-0.4, -0.2) is 42.7 Å². The summed E-state index contributed by atoms with van der Waals surface area (Å²) in [6, 6.07) is 7.70. The van der Waals surface area contributed by atoms with Crippen molar-refractivity contribution in [3.05, 3.63) is 29.8 Å². The largest absolute Gasteiger partial charge is 0.481 e. The van der Waals surface area contributed by atoms with Gasteiger partial charge in [0.25, 0.3) is 5.91 Å². The highest BCUT2D eigenvalue weighted by molar-refractivity contribution is 5.95. The van der Waals surface area contributed by atoms with Gasteiger partial charge in [-0.25, -0.2) is 0 Å². The Kier molecular flexibility index (Phi) is 8.38. The van der Waals surface area contributed by atoms with Gasteiger partial charge in [0.05, 0.1) is 5.92 Å². The Hall–Kier alpha value is -1.79. The molecule has 1 aliphatic heterocycles. The third-order valence-electron chi connectivity index (χ3n) is 5.59. The molecule has 0 spiro atoms. The maximum Gasteiger partial charge on any atom is 0.306 e. The Labute approximate surface area is 166 Å². The Morgan fingerprint density at radius 3 is 2.44 bits per heavy atom. The molecule has 150 valence electrons. The second-order valence-electron chi connectivity index (χ2n) is 7.52. The molecule has 1 saturated carbocycles. The van der Waals surface area contributed by atoms with E-state index in [1.54, 1.807) is 0 Å². The van der Waals surface area contributed by atoms with E-state index in [0.717, 1.165) is 38.2 Å². The molecule has 0 unspecified atom stereocenters. The van der Waals surface area contributed by atoms with Gasteiger partial charge in [0, 0.05) is 23.8 Å². The van der Waals surface area contributed by atoms with Crippen LogP contribution in [0, 0.1) is 11.8 Å². The minimum Gasteiger partial charge on any atom is -0.481 e. The van der Waals surface area contributed by atoms with Crippen LogP contribution in [0.4, 0.5) is 5.69 Å². The fourth-order valence-corrected chi connectivity index (χ4v) is 3.87. The molecule has 3 rings (SSSR count). The average Bonchev–Trinajstić information content (AvgIpc) is 2.68. The van der Waals surface area contributed by atoms with E-state index in [1.807, 2.05) is 24.3 Å². The van der Waals surface area contributed by atoms with E-state index >= 15 is 0 Å². The molecule has 1 saturated heterocycles. The van der Waals surface area contributed by atoms with Gasteiger partial charge in [-0.3, -0.25) is 9.59 Å². The number of hydrogen-bond donors (Lipinski definition) is 4. The molecule has 1 aromatic rings. The highest BCUT2D eigenvalue weighted by Gasteiger charge is 2.26. The fourth-order valence-electron chi connectivity index (χ4n) is 3.87. The zero-order valence-electron chi connectivity index (χ0n) is 15.6. The second-order valence-corrected chi connectivity index (χ2v) is 7.52. The smallest absolute Gasteiger partial charge is 0.306 e. The molecule has 2 fully saturated rings. The highest BCUT2D eigenvalue weighted by atomic mass is 35.5. The van der Waals surface area contributed by atoms with Crippen LogP contribution in [0.2, 0.25) is 0 Å².